The Hall–Kier alpha value is -1.44. The first kappa shape index (κ1) is 15.9. The topological polar surface area (TPSA) is 63.4 Å². The number of hydrogen-bond acceptors (Lipinski definition) is 3. The summed E-state index contributed by atoms with van der Waals surface area (Å²) in [5, 5.41) is 0. The van der Waals surface area contributed by atoms with Crippen LogP contribution >= 0.6 is 15.9 Å². The molecule has 0 unspecified atom stereocenters. The third kappa shape index (κ3) is 3.61. The summed E-state index contributed by atoms with van der Waals surface area (Å²) >= 11 is 3.33. The van der Waals surface area contributed by atoms with Crippen LogP contribution in [-0.2, 0) is 16.6 Å². The summed E-state index contributed by atoms with van der Waals surface area (Å²) in [5.41, 5.74) is 6.41. The van der Waals surface area contributed by atoms with Crippen LogP contribution in [0.4, 0.5) is 10.1 Å². The van der Waals surface area contributed by atoms with Gasteiger partial charge in [-0.15, -0.1) is 0 Å². The molecule has 4 nitrogen and oxygen atoms in total. The number of halogens is 2. The second-order valence-corrected chi connectivity index (χ2v) is 7.51. The highest BCUT2D eigenvalue weighted by molar-refractivity contribution is 9.10. The zero-order chi connectivity index (χ0) is 15.6. The monoisotopic (exact) mass is 372 g/mol. The zero-order valence-corrected chi connectivity index (χ0v) is 13.7. The number of nitrogens with two attached hydrogens (primary N) is 1. The molecule has 0 aliphatic heterocycles. The molecule has 0 atom stereocenters. The molecule has 0 spiro atoms. The normalized spacial score (nSPS) is 11.8. The lowest BCUT2D eigenvalue weighted by molar-refractivity contribution is 0.460. The number of anilines is 1. The van der Waals surface area contributed by atoms with Gasteiger partial charge in [-0.3, -0.25) is 0 Å². The first-order valence-electron chi connectivity index (χ1n) is 6.06. The van der Waals surface area contributed by atoms with Crippen LogP contribution in [0.2, 0.25) is 0 Å². The van der Waals surface area contributed by atoms with E-state index >= 15 is 0 Å². The number of nitrogens with zero attached hydrogens (tertiary/aromatic N) is 1. The van der Waals surface area contributed by atoms with Gasteiger partial charge in [0.15, 0.2) is 0 Å². The fourth-order valence-electron chi connectivity index (χ4n) is 1.87. The van der Waals surface area contributed by atoms with Crippen LogP contribution in [0.5, 0.6) is 0 Å². The Morgan fingerprint density at radius 1 is 1.24 bits per heavy atom. The molecule has 2 rings (SSSR count). The fraction of sp³-hybridized carbons (Fsp3) is 0.143. The van der Waals surface area contributed by atoms with E-state index in [1.54, 1.807) is 6.07 Å². The molecule has 7 heteroatoms. The van der Waals surface area contributed by atoms with E-state index in [2.05, 4.69) is 15.9 Å². The highest BCUT2D eigenvalue weighted by Crippen LogP contribution is 2.22. The van der Waals surface area contributed by atoms with Crippen molar-refractivity contribution in [3.05, 3.63) is 58.3 Å². The highest BCUT2D eigenvalue weighted by Gasteiger charge is 2.24. The van der Waals surface area contributed by atoms with Crippen molar-refractivity contribution in [3.63, 3.8) is 0 Å². The predicted octanol–water partition coefficient (Wildman–Crippen LogP) is 2.99. The summed E-state index contributed by atoms with van der Waals surface area (Å²) in [5.74, 6) is -0.851. The minimum atomic E-state index is -3.91. The number of rotatable bonds is 4. The third-order valence-corrected chi connectivity index (χ3v) is 5.27. The van der Waals surface area contributed by atoms with Gasteiger partial charge >= 0.3 is 0 Å². The molecule has 0 aliphatic carbocycles. The summed E-state index contributed by atoms with van der Waals surface area (Å²) in [6.07, 6.45) is 0. The van der Waals surface area contributed by atoms with Gasteiger partial charge in [-0.2, -0.15) is 4.31 Å². The molecule has 2 aromatic carbocycles. The predicted molar refractivity (Wildman–Crippen MR) is 83.6 cm³/mol. The Labute approximate surface area is 131 Å². The minimum Gasteiger partial charge on any atom is -0.399 e. The van der Waals surface area contributed by atoms with E-state index in [0.29, 0.717) is 0 Å². The molecule has 0 heterocycles. The van der Waals surface area contributed by atoms with Gasteiger partial charge in [-0.05, 0) is 35.9 Å². The summed E-state index contributed by atoms with van der Waals surface area (Å²) < 4.78 is 40.5. The van der Waals surface area contributed by atoms with Crippen molar-refractivity contribution in [1.82, 2.24) is 4.31 Å². The van der Waals surface area contributed by atoms with E-state index < -0.39 is 15.8 Å². The molecule has 0 aliphatic rings. The van der Waals surface area contributed by atoms with Crippen molar-refractivity contribution >= 4 is 31.6 Å². The van der Waals surface area contributed by atoms with E-state index in [4.69, 9.17) is 5.73 Å². The van der Waals surface area contributed by atoms with Gasteiger partial charge in [0.05, 0.1) is 0 Å². The summed E-state index contributed by atoms with van der Waals surface area (Å²) in [7, 11) is -2.50. The zero-order valence-electron chi connectivity index (χ0n) is 11.3. The maximum absolute atomic E-state index is 13.8. The quantitative estimate of drug-likeness (QED) is 0.839. The molecular weight excluding hydrogens is 359 g/mol. The van der Waals surface area contributed by atoms with E-state index in [1.807, 2.05) is 18.2 Å². The van der Waals surface area contributed by atoms with Crippen LogP contribution in [-0.4, -0.2) is 19.8 Å². The van der Waals surface area contributed by atoms with Crippen molar-refractivity contribution < 1.29 is 12.8 Å². The van der Waals surface area contributed by atoms with Gasteiger partial charge in [0.25, 0.3) is 0 Å². The third-order valence-electron chi connectivity index (χ3n) is 2.94. The highest BCUT2D eigenvalue weighted by atomic mass is 79.9. The van der Waals surface area contributed by atoms with E-state index in [1.165, 1.54) is 19.2 Å². The fourth-order valence-corrected chi connectivity index (χ4v) is 3.52. The van der Waals surface area contributed by atoms with Crippen LogP contribution in [0.3, 0.4) is 0 Å². The van der Waals surface area contributed by atoms with Crippen molar-refractivity contribution in [3.8, 4) is 0 Å². The van der Waals surface area contributed by atoms with Crippen LogP contribution < -0.4 is 5.73 Å². The van der Waals surface area contributed by atoms with Gasteiger partial charge in [0, 0.05) is 23.8 Å². The average Bonchev–Trinajstić information content (AvgIpc) is 2.38. The Bertz CT molecular complexity index is 765. The number of sulfonamides is 1. The van der Waals surface area contributed by atoms with Crippen LogP contribution in [0.15, 0.2) is 51.8 Å². The smallest absolute Gasteiger partial charge is 0.246 e. The maximum Gasteiger partial charge on any atom is 0.246 e. The van der Waals surface area contributed by atoms with Crippen LogP contribution in [0.1, 0.15) is 5.56 Å². The maximum atomic E-state index is 13.8. The molecule has 0 aromatic heterocycles. The molecular formula is C14H14BrFN2O2S. The molecule has 2 N–H and O–H groups in total. The first-order valence-corrected chi connectivity index (χ1v) is 8.30. The lowest BCUT2D eigenvalue weighted by atomic mass is 10.2. The lowest BCUT2D eigenvalue weighted by Gasteiger charge is -2.18. The largest absolute Gasteiger partial charge is 0.399 e. The minimum absolute atomic E-state index is 0.144. The van der Waals surface area contributed by atoms with Gasteiger partial charge in [-0.25, -0.2) is 12.8 Å². The summed E-state index contributed by atoms with van der Waals surface area (Å²) in [6.45, 7) is 0.144. The van der Waals surface area contributed by atoms with Crippen LogP contribution in [0.25, 0.3) is 0 Å². The van der Waals surface area contributed by atoms with Gasteiger partial charge in [0.1, 0.15) is 10.7 Å². The summed E-state index contributed by atoms with van der Waals surface area (Å²) in [6, 6.07) is 10.8. The SMILES string of the molecule is CN(Cc1cccc(Br)c1)S(=O)(=O)c1ccc(N)cc1F. The molecule has 0 saturated carbocycles. The standard InChI is InChI=1S/C14H14BrFN2O2S/c1-18(9-10-3-2-4-11(15)7-10)21(19,20)14-6-5-12(17)8-13(14)16/h2-8H,9,17H2,1H3. The number of hydrogen-bond donors (Lipinski definition) is 1. The molecule has 0 fully saturated rings. The second kappa shape index (κ2) is 6.13. The van der Waals surface area contributed by atoms with E-state index in [-0.39, 0.29) is 17.1 Å². The lowest BCUT2D eigenvalue weighted by Crippen LogP contribution is -2.27. The van der Waals surface area contributed by atoms with Crippen molar-refractivity contribution in [1.29, 1.82) is 0 Å². The van der Waals surface area contributed by atoms with Gasteiger partial charge in [0.2, 0.25) is 10.0 Å². The Morgan fingerprint density at radius 2 is 1.95 bits per heavy atom. The van der Waals surface area contributed by atoms with Crippen molar-refractivity contribution in [2.24, 2.45) is 0 Å². The molecule has 0 bridgehead atoms. The first-order chi connectivity index (χ1) is 9.80. The average molecular weight is 373 g/mol. The van der Waals surface area contributed by atoms with Gasteiger partial charge < -0.3 is 5.73 Å². The van der Waals surface area contributed by atoms with E-state index in [0.717, 1.165) is 20.4 Å². The molecule has 0 amide bonds. The molecule has 0 saturated heterocycles. The Kier molecular flexibility index (Phi) is 4.65. The summed E-state index contributed by atoms with van der Waals surface area (Å²) in [4.78, 5) is -0.380. The van der Waals surface area contributed by atoms with Crippen molar-refractivity contribution in [2.75, 3.05) is 12.8 Å². The van der Waals surface area contributed by atoms with Crippen molar-refractivity contribution in [2.45, 2.75) is 11.4 Å². The number of nitrogen functional groups attached to an aromatic ring is 1. The number of benzene rings is 2. The van der Waals surface area contributed by atoms with E-state index in [9.17, 15) is 12.8 Å². The molecule has 2 aromatic rings. The Balaban J connectivity index is 2.30. The van der Waals surface area contributed by atoms with Gasteiger partial charge in [-0.1, -0.05) is 28.1 Å². The van der Waals surface area contributed by atoms with Crippen LogP contribution in [0, 0.1) is 5.82 Å². The molecule has 21 heavy (non-hydrogen) atoms. The Morgan fingerprint density at radius 3 is 2.57 bits per heavy atom. The molecule has 0 radical (unpaired) electrons. The second-order valence-electron chi connectivity index (χ2n) is 4.58. The molecule has 112 valence electrons.